The Hall–Kier alpha value is -3.06. The lowest BCUT2D eigenvalue weighted by Gasteiger charge is -2.36. The summed E-state index contributed by atoms with van der Waals surface area (Å²) in [5.74, 6) is -0.124. The van der Waals surface area contributed by atoms with Gasteiger partial charge < -0.3 is 19.3 Å². The molecule has 2 heterocycles. The summed E-state index contributed by atoms with van der Waals surface area (Å²) < 4.78 is 10.7. The Labute approximate surface area is 208 Å². The molecule has 7 heteroatoms. The Kier molecular flexibility index (Phi) is 8.64. The number of hydrogen-bond acceptors (Lipinski definition) is 6. The number of benzene rings is 2. The summed E-state index contributed by atoms with van der Waals surface area (Å²) in [6, 6.07) is 16.5. The fourth-order valence-electron chi connectivity index (χ4n) is 4.96. The van der Waals surface area contributed by atoms with Crippen molar-refractivity contribution in [2.45, 2.75) is 45.8 Å². The number of rotatable bonds is 7. The molecule has 2 aliphatic rings. The van der Waals surface area contributed by atoms with Crippen LogP contribution in [0.4, 0.5) is 10.5 Å². The van der Waals surface area contributed by atoms with E-state index in [9.17, 15) is 9.59 Å². The van der Waals surface area contributed by atoms with Gasteiger partial charge in [0.25, 0.3) is 0 Å². The van der Waals surface area contributed by atoms with Crippen molar-refractivity contribution in [3.8, 4) is 0 Å². The molecule has 0 aliphatic carbocycles. The number of carbonyl (C=O) groups excluding carboxylic acids is 2. The van der Waals surface area contributed by atoms with Crippen LogP contribution in [0.2, 0.25) is 0 Å². The van der Waals surface area contributed by atoms with E-state index < -0.39 is 0 Å². The van der Waals surface area contributed by atoms with Crippen LogP contribution in [0.3, 0.4) is 0 Å². The predicted octanol–water partition coefficient (Wildman–Crippen LogP) is 4.41. The number of carbonyl (C=O) groups is 2. The lowest BCUT2D eigenvalue weighted by molar-refractivity contribution is -0.143. The maximum atomic E-state index is 13.0. The molecule has 0 aromatic heterocycles. The number of hydrogen-bond donors (Lipinski definition) is 0. The first kappa shape index (κ1) is 25.0. The summed E-state index contributed by atoms with van der Waals surface area (Å²) in [5.41, 5.74) is 4.71. The van der Waals surface area contributed by atoms with Crippen molar-refractivity contribution in [3.63, 3.8) is 0 Å². The highest BCUT2D eigenvalue weighted by atomic mass is 16.6. The minimum Gasteiger partial charge on any atom is -0.466 e. The van der Waals surface area contributed by atoms with Gasteiger partial charge in [0.05, 0.1) is 19.1 Å². The smallest absolute Gasteiger partial charge is 0.410 e. The second kappa shape index (κ2) is 12.1. The molecule has 0 unspecified atom stereocenters. The molecule has 2 aromatic rings. The van der Waals surface area contributed by atoms with Gasteiger partial charge in [-0.05, 0) is 55.5 Å². The van der Waals surface area contributed by atoms with Gasteiger partial charge in [-0.25, -0.2) is 4.79 Å². The number of piperazine rings is 1. The highest BCUT2D eigenvalue weighted by Gasteiger charge is 2.28. The van der Waals surface area contributed by atoms with Gasteiger partial charge in [-0.2, -0.15) is 0 Å². The van der Waals surface area contributed by atoms with E-state index in [-0.39, 0.29) is 24.7 Å². The van der Waals surface area contributed by atoms with Crippen LogP contribution in [0, 0.1) is 0 Å². The average molecular weight is 480 g/mol. The average Bonchev–Trinajstić information content (AvgIpc) is 3.05. The predicted molar refractivity (Wildman–Crippen MR) is 136 cm³/mol. The zero-order valence-corrected chi connectivity index (χ0v) is 20.9. The molecule has 1 fully saturated rings. The minimum atomic E-state index is -0.255. The highest BCUT2D eigenvalue weighted by molar-refractivity contribution is 5.69. The third-order valence-corrected chi connectivity index (χ3v) is 7.01. The first-order valence-corrected chi connectivity index (χ1v) is 12.8. The molecule has 2 aliphatic heterocycles. The Bertz CT molecular complexity index is 989. The first-order chi connectivity index (χ1) is 17.0. The van der Waals surface area contributed by atoms with Gasteiger partial charge in [-0.1, -0.05) is 36.4 Å². The first-order valence-electron chi connectivity index (χ1n) is 12.8. The molecule has 35 heavy (non-hydrogen) atoms. The molecule has 188 valence electrons. The lowest BCUT2D eigenvalue weighted by Crippen LogP contribution is -2.47. The summed E-state index contributed by atoms with van der Waals surface area (Å²) in [6.45, 7) is 9.77. The topological polar surface area (TPSA) is 62.3 Å². The molecular formula is C28H37N3O4. The maximum absolute atomic E-state index is 13.0. The largest absolute Gasteiger partial charge is 0.466 e. The van der Waals surface area contributed by atoms with Crippen LogP contribution in [-0.2, 0) is 27.3 Å². The van der Waals surface area contributed by atoms with Gasteiger partial charge in [0.15, 0.2) is 0 Å². The maximum Gasteiger partial charge on any atom is 0.410 e. The molecule has 0 N–H and O–H groups in total. The van der Waals surface area contributed by atoms with Crippen molar-refractivity contribution in [2.75, 3.05) is 50.8 Å². The van der Waals surface area contributed by atoms with Gasteiger partial charge in [-0.15, -0.1) is 0 Å². The van der Waals surface area contributed by atoms with E-state index >= 15 is 0 Å². The normalized spacial score (nSPS) is 18.5. The quantitative estimate of drug-likeness (QED) is 0.549. The molecule has 0 spiro atoms. The van der Waals surface area contributed by atoms with E-state index in [1.165, 1.54) is 16.8 Å². The molecule has 7 nitrogen and oxygen atoms in total. The number of esters is 1. The molecule has 1 saturated heterocycles. The molecule has 2 aromatic carbocycles. The second-order valence-electron chi connectivity index (χ2n) is 9.28. The Morgan fingerprint density at radius 2 is 1.74 bits per heavy atom. The van der Waals surface area contributed by atoms with E-state index in [1.54, 1.807) is 0 Å². The van der Waals surface area contributed by atoms with Gasteiger partial charge in [0, 0.05) is 45.0 Å². The van der Waals surface area contributed by atoms with Gasteiger partial charge in [-0.3, -0.25) is 9.69 Å². The fraction of sp³-hybridized carbons (Fsp3) is 0.500. The van der Waals surface area contributed by atoms with Crippen molar-refractivity contribution in [3.05, 3.63) is 65.2 Å². The third kappa shape index (κ3) is 6.54. The standard InChI is InChI=1S/C28H37N3O4/c1-3-34-27(32)13-15-29-16-18-30(19-17-29)25-12-11-24-10-7-14-31(22(2)26(24)20-25)28(33)35-21-23-8-5-4-6-9-23/h4-6,8-9,11-12,20,22H,3,7,10,13-19,21H2,1-2H3/t22-/m0/s1. The van der Waals surface area contributed by atoms with Gasteiger partial charge in [0.1, 0.15) is 6.61 Å². The Morgan fingerprint density at radius 3 is 2.49 bits per heavy atom. The van der Waals surface area contributed by atoms with Gasteiger partial charge in [0.2, 0.25) is 0 Å². The van der Waals surface area contributed by atoms with E-state index in [4.69, 9.17) is 9.47 Å². The van der Waals surface area contributed by atoms with Crippen LogP contribution in [0.15, 0.2) is 48.5 Å². The monoisotopic (exact) mass is 479 g/mol. The van der Waals surface area contributed by atoms with Crippen LogP contribution >= 0.6 is 0 Å². The van der Waals surface area contributed by atoms with Crippen LogP contribution in [-0.4, -0.2) is 67.7 Å². The number of anilines is 1. The van der Waals surface area contributed by atoms with Crippen molar-refractivity contribution in [1.29, 1.82) is 0 Å². The molecule has 1 amide bonds. The summed E-state index contributed by atoms with van der Waals surface area (Å²) in [6.07, 6.45) is 2.08. The lowest BCUT2D eigenvalue weighted by atomic mass is 9.98. The van der Waals surface area contributed by atoms with E-state index in [0.717, 1.165) is 51.1 Å². The second-order valence-corrected chi connectivity index (χ2v) is 9.28. The van der Waals surface area contributed by atoms with Crippen LogP contribution in [0.25, 0.3) is 0 Å². The Morgan fingerprint density at radius 1 is 0.971 bits per heavy atom. The van der Waals surface area contributed by atoms with Crippen molar-refractivity contribution >= 4 is 17.7 Å². The number of fused-ring (bicyclic) bond motifs is 1. The summed E-state index contributed by atoms with van der Waals surface area (Å²) in [7, 11) is 0. The zero-order chi connectivity index (χ0) is 24.6. The minimum absolute atomic E-state index is 0.0402. The molecule has 4 rings (SSSR count). The molecule has 0 radical (unpaired) electrons. The van der Waals surface area contributed by atoms with Gasteiger partial charge >= 0.3 is 12.1 Å². The van der Waals surface area contributed by atoms with E-state index in [1.807, 2.05) is 42.2 Å². The third-order valence-electron chi connectivity index (χ3n) is 7.01. The molecule has 0 bridgehead atoms. The Balaban J connectivity index is 1.37. The molecular weight excluding hydrogens is 442 g/mol. The van der Waals surface area contributed by atoms with Crippen LogP contribution < -0.4 is 4.90 Å². The highest BCUT2D eigenvalue weighted by Crippen LogP contribution is 2.32. The SMILES string of the molecule is CCOC(=O)CCN1CCN(c2ccc3c(c2)[C@H](C)N(C(=O)OCc2ccccc2)CCC3)CC1. The van der Waals surface area contributed by atoms with Crippen LogP contribution in [0.1, 0.15) is 49.4 Å². The van der Waals surface area contributed by atoms with E-state index in [2.05, 4.69) is 34.9 Å². The summed E-state index contributed by atoms with van der Waals surface area (Å²) in [5, 5.41) is 0. The van der Waals surface area contributed by atoms with Crippen molar-refractivity contribution in [1.82, 2.24) is 9.80 Å². The number of ether oxygens (including phenoxy) is 2. The van der Waals surface area contributed by atoms with E-state index in [0.29, 0.717) is 19.6 Å². The van der Waals surface area contributed by atoms with Crippen LogP contribution in [0.5, 0.6) is 0 Å². The molecule has 0 saturated carbocycles. The summed E-state index contributed by atoms with van der Waals surface area (Å²) in [4.78, 5) is 31.2. The molecule has 1 atom stereocenters. The zero-order valence-electron chi connectivity index (χ0n) is 20.9. The summed E-state index contributed by atoms with van der Waals surface area (Å²) >= 11 is 0. The fourth-order valence-corrected chi connectivity index (χ4v) is 4.96. The number of amides is 1. The number of aryl methyl sites for hydroxylation is 1. The number of nitrogens with zero attached hydrogens (tertiary/aromatic N) is 3. The van der Waals surface area contributed by atoms with Crippen molar-refractivity contribution in [2.24, 2.45) is 0 Å². The van der Waals surface area contributed by atoms with Crippen molar-refractivity contribution < 1.29 is 19.1 Å².